The highest BCUT2D eigenvalue weighted by Gasteiger charge is 2.04. The summed E-state index contributed by atoms with van der Waals surface area (Å²) in [4.78, 5) is 2.13. The van der Waals surface area contributed by atoms with Gasteiger partial charge in [0.2, 0.25) is 0 Å². The average molecular weight is 275 g/mol. The van der Waals surface area contributed by atoms with E-state index in [9.17, 15) is 0 Å². The standard InChI is InChI=1S/C14H21N5O/c1-3-19(8-9-20)13-6-4-12(5-7-13)15-10-14-11-16-17-18(14)2/h4-7,11,15,20H,3,8-10H2,1-2H3. The number of aryl methyl sites for hydroxylation is 1. The molecule has 0 bridgehead atoms. The molecule has 1 heterocycles. The van der Waals surface area contributed by atoms with Crippen LogP contribution in [0.2, 0.25) is 0 Å². The number of aliphatic hydroxyl groups excluding tert-OH is 1. The lowest BCUT2D eigenvalue weighted by Gasteiger charge is -2.22. The van der Waals surface area contributed by atoms with Crippen LogP contribution in [0.5, 0.6) is 0 Å². The fourth-order valence-electron chi connectivity index (χ4n) is 2.04. The first kappa shape index (κ1) is 14.3. The molecule has 1 aromatic carbocycles. The zero-order valence-electron chi connectivity index (χ0n) is 12.0. The SMILES string of the molecule is CCN(CCO)c1ccc(NCc2cnnn2C)cc1. The lowest BCUT2D eigenvalue weighted by Crippen LogP contribution is -2.25. The van der Waals surface area contributed by atoms with Gasteiger partial charge < -0.3 is 15.3 Å². The smallest absolute Gasteiger partial charge is 0.0774 e. The highest BCUT2D eigenvalue weighted by Crippen LogP contribution is 2.18. The van der Waals surface area contributed by atoms with Crippen LogP contribution < -0.4 is 10.2 Å². The van der Waals surface area contributed by atoms with Crippen molar-refractivity contribution in [3.8, 4) is 0 Å². The molecule has 20 heavy (non-hydrogen) atoms. The summed E-state index contributed by atoms with van der Waals surface area (Å²) in [5.74, 6) is 0. The van der Waals surface area contributed by atoms with Crippen molar-refractivity contribution in [3.63, 3.8) is 0 Å². The quantitative estimate of drug-likeness (QED) is 0.796. The molecule has 2 aromatic rings. The van der Waals surface area contributed by atoms with Crippen LogP contribution in [0, 0.1) is 0 Å². The van der Waals surface area contributed by atoms with Crippen molar-refractivity contribution in [1.29, 1.82) is 0 Å². The van der Waals surface area contributed by atoms with E-state index in [1.165, 1.54) is 0 Å². The largest absolute Gasteiger partial charge is 0.395 e. The summed E-state index contributed by atoms with van der Waals surface area (Å²) in [6.07, 6.45) is 1.75. The predicted octanol–water partition coefficient (Wildman–Crippen LogP) is 1.25. The number of aliphatic hydroxyl groups is 1. The number of nitrogens with one attached hydrogen (secondary N) is 1. The van der Waals surface area contributed by atoms with E-state index in [1.807, 2.05) is 19.2 Å². The second-order valence-corrected chi connectivity index (χ2v) is 4.55. The number of benzene rings is 1. The molecule has 0 fully saturated rings. The Morgan fingerprint density at radius 1 is 1.30 bits per heavy atom. The number of hydrogen-bond acceptors (Lipinski definition) is 5. The summed E-state index contributed by atoms with van der Waals surface area (Å²) < 4.78 is 1.75. The van der Waals surface area contributed by atoms with Gasteiger partial charge in [-0.2, -0.15) is 0 Å². The maximum absolute atomic E-state index is 9.03. The summed E-state index contributed by atoms with van der Waals surface area (Å²) in [6.45, 7) is 4.48. The van der Waals surface area contributed by atoms with Gasteiger partial charge in [0, 0.05) is 31.5 Å². The minimum absolute atomic E-state index is 0.168. The van der Waals surface area contributed by atoms with E-state index in [-0.39, 0.29) is 6.61 Å². The summed E-state index contributed by atoms with van der Waals surface area (Å²) in [7, 11) is 1.88. The fraction of sp³-hybridized carbons (Fsp3) is 0.429. The van der Waals surface area contributed by atoms with E-state index in [2.05, 4.69) is 39.6 Å². The molecular formula is C14H21N5O. The van der Waals surface area contributed by atoms with Crippen molar-refractivity contribution in [2.24, 2.45) is 7.05 Å². The van der Waals surface area contributed by atoms with Crippen LogP contribution in [0.1, 0.15) is 12.6 Å². The number of aromatic nitrogens is 3. The third kappa shape index (κ3) is 3.48. The minimum Gasteiger partial charge on any atom is -0.395 e. The predicted molar refractivity (Wildman–Crippen MR) is 79.7 cm³/mol. The Bertz CT molecular complexity index is 523. The summed E-state index contributed by atoms with van der Waals surface area (Å²) in [5.41, 5.74) is 3.20. The summed E-state index contributed by atoms with van der Waals surface area (Å²) >= 11 is 0. The van der Waals surface area contributed by atoms with Crippen molar-refractivity contribution in [3.05, 3.63) is 36.2 Å². The van der Waals surface area contributed by atoms with E-state index < -0.39 is 0 Å². The van der Waals surface area contributed by atoms with Crippen molar-refractivity contribution < 1.29 is 5.11 Å². The number of anilines is 2. The lowest BCUT2D eigenvalue weighted by molar-refractivity contribution is 0.302. The molecule has 0 saturated heterocycles. The molecule has 2 rings (SSSR count). The Morgan fingerprint density at radius 3 is 2.60 bits per heavy atom. The van der Waals surface area contributed by atoms with Gasteiger partial charge in [0.1, 0.15) is 0 Å². The van der Waals surface area contributed by atoms with Crippen molar-refractivity contribution in [1.82, 2.24) is 15.0 Å². The second kappa shape index (κ2) is 6.91. The maximum atomic E-state index is 9.03. The highest BCUT2D eigenvalue weighted by atomic mass is 16.3. The Balaban J connectivity index is 1.96. The molecule has 0 aliphatic carbocycles. The van der Waals surface area contributed by atoms with Gasteiger partial charge in [0.05, 0.1) is 25.0 Å². The van der Waals surface area contributed by atoms with Crippen LogP contribution in [0.4, 0.5) is 11.4 Å². The van der Waals surface area contributed by atoms with Gasteiger partial charge in [-0.1, -0.05) is 5.21 Å². The van der Waals surface area contributed by atoms with Crippen LogP contribution in [-0.4, -0.2) is 39.8 Å². The van der Waals surface area contributed by atoms with E-state index in [0.717, 1.165) is 23.6 Å². The van der Waals surface area contributed by atoms with Crippen molar-refractivity contribution in [2.45, 2.75) is 13.5 Å². The molecule has 6 nitrogen and oxygen atoms in total. The number of hydrogen-bond donors (Lipinski definition) is 2. The Hall–Kier alpha value is -2.08. The van der Waals surface area contributed by atoms with Crippen LogP contribution in [0.15, 0.2) is 30.5 Å². The number of nitrogens with zero attached hydrogens (tertiary/aromatic N) is 4. The van der Waals surface area contributed by atoms with E-state index >= 15 is 0 Å². The van der Waals surface area contributed by atoms with Crippen LogP contribution in [0.25, 0.3) is 0 Å². The first-order valence-corrected chi connectivity index (χ1v) is 6.78. The zero-order chi connectivity index (χ0) is 14.4. The van der Waals surface area contributed by atoms with Gasteiger partial charge in [-0.15, -0.1) is 5.10 Å². The third-order valence-electron chi connectivity index (χ3n) is 3.27. The van der Waals surface area contributed by atoms with E-state index in [0.29, 0.717) is 13.1 Å². The normalized spacial score (nSPS) is 10.6. The summed E-state index contributed by atoms with van der Waals surface area (Å²) in [6, 6.07) is 8.20. The van der Waals surface area contributed by atoms with Crippen molar-refractivity contribution in [2.75, 3.05) is 29.9 Å². The number of likely N-dealkylation sites (N-methyl/N-ethyl adjacent to an activating group) is 1. The zero-order valence-corrected chi connectivity index (χ0v) is 12.0. The highest BCUT2D eigenvalue weighted by molar-refractivity contribution is 5.55. The Morgan fingerprint density at radius 2 is 2.05 bits per heavy atom. The molecule has 0 amide bonds. The van der Waals surface area contributed by atoms with Gasteiger partial charge in [-0.3, -0.25) is 4.68 Å². The molecule has 6 heteroatoms. The number of rotatable bonds is 7. The maximum Gasteiger partial charge on any atom is 0.0774 e. The second-order valence-electron chi connectivity index (χ2n) is 4.55. The lowest BCUT2D eigenvalue weighted by atomic mass is 10.2. The van der Waals surface area contributed by atoms with Crippen LogP contribution in [-0.2, 0) is 13.6 Å². The van der Waals surface area contributed by atoms with Gasteiger partial charge in [-0.25, -0.2) is 0 Å². The average Bonchev–Trinajstić information content (AvgIpc) is 2.89. The van der Waals surface area contributed by atoms with E-state index in [1.54, 1.807) is 10.9 Å². The van der Waals surface area contributed by atoms with Gasteiger partial charge in [-0.05, 0) is 31.2 Å². The summed E-state index contributed by atoms with van der Waals surface area (Å²) in [5, 5.41) is 20.1. The monoisotopic (exact) mass is 275 g/mol. The Kier molecular flexibility index (Phi) is 4.95. The molecule has 0 aliphatic rings. The Labute approximate surface area is 119 Å². The van der Waals surface area contributed by atoms with Crippen LogP contribution in [0.3, 0.4) is 0 Å². The fourth-order valence-corrected chi connectivity index (χ4v) is 2.04. The third-order valence-corrected chi connectivity index (χ3v) is 3.27. The molecular weight excluding hydrogens is 254 g/mol. The molecule has 2 N–H and O–H groups in total. The molecule has 0 unspecified atom stereocenters. The minimum atomic E-state index is 0.168. The van der Waals surface area contributed by atoms with Gasteiger partial charge >= 0.3 is 0 Å². The van der Waals surface area contributed by atoms with Gasteiger partial charge in [0.15, 0.2) is 0 Å². The van der Waals surface area contributed by atoms with Gasteiger partial charge in [0.25, 0.3) is 0 Å². The molecule has 0 saturated carbocycles. The first-order chi connectivity index (χ1) is 9.74. The molecule has 0 aliphatic heterocycles. The molecule has 1 aromatic heterocycles. The molecule has 0 atom stereocenters. The first-order valence-electron chi connectivity index (χ1n) is 6.78. The van der Waals surface area contributed by atoms with E-state index in [4.69, 9.17) is 5.11 Å². The molecule has 0 spiro atoms. The van der Waals surface area contributed by atoms with Crippen LogP contribution >= 0.6 is 0 Å². The topological polar surface area (TPSA) is 66.2 Å². The molecule has 108 valence electrons. The van der Waals surface area contributed by atoms with Crippen molar-refractivity contribution >= 4 is 11.4 Å². The molecule has 0 radical (unpaired) electrons.